The van der Waals surface area contributed by atoms with E-state index in [1.54, 1.807) is 0 Å². The van der Waals surface area contributed by atoms with Crippen molar-refractivity contribution in [3.63, 3.8) is 0 Å². The second-order valence-corrected chi connectivity index (χ2v) is 6.68. The first-order valence-electron chi connectivity index (χ1n) is 9.43. The number of amides is 1. The maximum Gasteiger partial charge on any atom is 0.227 e. The minimum Gasteiger partial charge on any atom is -0.339 e. The lowest BCUT2D eigenvalue weighted by atomic mass is 10.1. The lowest BCUT2D eigenvalue weighted by Gasteiger charge is -2.06. The normalized spacial score (nSPS) is 10.7. The molecule has 0 spiro atoms. The van der Waals surface area contributed by atoms with Gasteiger partial charge in [0, 0.05) is 24.1 Å². The number of unbranched alkanes of at least 4 members (excludes halogenated alkanes) is 1. The van der Waals surface area contributed by atoms with Gasteiger partial charge in [0.25, 0.3) is 0 Å². The zero-order valence-corrected chi connectivity index (χ0v) is 15.9. The average molecular weight is 363 g/mol. The number of benzene rings is 2. The molecule has 3 aromatic rings. The summed E-state index contributed by atoms with van der Waals surface area (Å²) in [6.07, 6.45) is 4.15. The van der Waals surface area contributed by atoms with Crippen molar-refractivity contribution in [1.29, 1.82) is 0 Å². The Balaban J connectivity index is 1.51. The molecule has 0 unspecified atom stereocenters. The van der Waals surface area contributed by atoms with Crippen LogP contribution in [-0.4, -0.2) is 16.0 Å². The number of carbonyl (C=O) groups excluding carboxylic acids is 1. The Labute approximate surface area is 159 Å². The number of hydrogen-bond acceptors (Lipinski definition) is 4. The fourth-order valence-corrected chi connectivity index (χ4v) is 2.87. The van der Waals surface area contributed by atoms with E-state index in [0.29, 0.717) is 24.6 Å². The van der Waals surface area contributed by atoms with Crippen LogP contribution >= 0.6 is 0 Å². The van der Waals surface area contributed by atoms with E-state index in [-0.39, 0.29) is 5.91 Å². The van der Waals surface area contributed by atoms with Crippen molar-refractivity contribution >= 4 is 11.6 Å². The van der Waals surface area contributed by atoms with Crippen LogP contribution in [0.5, 0.6) is 0 Å². The minimum absolute atomic E-state index is 0.0630. The second-order valence-electron chi connectivity index (χ2n) is 6.68. The summed E-state index contributed by atoms with van der Waals surface area (Å²) in [5, 5.41) is 6.94. The summed E-state index contributed by atoms with van der Waals surface area (Å²) in [5.41, 5.74) is 4.14. The van der Waals surface area contributed by atoms with Gasteiger partial charge in [-0.1, -0.05) is 54.9 Å². The number of carbonyl (C=O) groups is 1. The molecule has 0 atom stereocenters. The maximum atomic E-state index is 12.2. The molecule has 0 saturated heterocycles. The van der Waals surface area contributed by atoms with Gasteiger partial charge in [0.15, 0.2) is 0 Å². The van der Waals surface area contributed by atoms with Crippen molar-refractivity contribution in [1.82, 2.24) is 10.1 Å². The monoisotopic (exact) mass is 363 g/mol. The molecule has 3 rings (SSSR count). The molecular weight excluding hydrogens is 338 g/mol. The van der Waals surface area contributed by atoms with E-state index in [0.717, 1.165) is 23.2 Å². The highest BCUT2D eigenvalue weighted by Gasteiger charge is 2.12. The summed E-state index contributed by atoms with van der Waals surface area (Å²) in [5.74, 6) is 0.969. The first-order chi connectivity index (χ1) is 13.2. The highest BCUT2D eigenvalue weighted by Crippen LogP contribution is 2.20. The van der Waals surface area contributed by atoms with E-state index in [1.165, 1.54) is 18.4 Å². The van der Waals surface area contributed by atoms with Crippen LogP contribution in [0.3, 0.4) is 0 Å². The quantitative estimate of drug-likeness (QED) is 0.614. The molecule has 2 aromatic carbocycles. The van der Waals surface area contributed by atoms with E-state index >= 15 is 0 Å². The molecule has 0 bridgehead atoms. The fraction of sp³-hybridized carbons (Fsp3) is 0.318. The van der Waals surface area contributed by atoms with Crippen molar-refractivity contribution < 1.29 is 9.32 Å². The molecule has 1 aromatic heterocycles. The van der Waals surface area contributed by atoms with Crippen LogP contribution in [0.25, 0.3) is 11.4 Å². The van der Waals surface area contributed by atoms with Gasteiger partial charge in [-0.15, -0.1) is 0 Å². The molecule has 0 saturated carbocycles. The summed E-state index contributed by atoms with van der Waals surface area (Å²) in [4.78, 5) is 16.6. The first kappa shape index (κ1) is 18.8. The Kier molecular flexibility index (Phi) is 6.36. The zero-order chi connectivity index (χ0) is 19.1. The molecule has 27 heavy (non-hydrogen) atoms. The van der Waals surface area contributed by atoms with Gasteiger partial charge in [-0.05, 0) is 43.0 Å². The van der Waals surface area contributed by atoms with E-state index in [9.17, 15) is 4.79 Å². The molecule has 1 N–H and O–H groups in total. The third-order valence-corrected chi connectivity index (χ3v) is 4.48. The first-order valence-corrected chi connectivity index (χ1v) is 9.43. The Morgan fingerprint density at radius 3 is 2.59 bits per heavy atom. The number of nitrogens with zero attached hydrogens (tertiary/aromatic N) is 2. The standard InChI is InChI=1S/C22H25N3O2/c1-3-4-8-17-10-12-18(13-11-17)23-20(26)14-15-21-24-22(25-27-21)19-9-6-5-7-16(19)2/h5-7,9-13H,3-4,8,14-15H2,1-2H3,(H,23,26). The molecule has 1 heterocycles. The summed E-state index contributed by atoms with van der Waals surface area (Å²) in [6.45, 7) is 4.19. The number of hydrogen-bond donors (Lipinski definition) is 1. The molecule has 0 aliphatic rings. The molecule has 1 amide bonds. The van der Waals surface area contributed by atoms with Crippen LogP contribution in [0.4, 0.5) is 5.69 Å². The average Bonchev–Trinajstić information content (AvgIpc) is 3.15. The fourth-order valence-electron chi connectivity index (χ4n) is 2.87. The van der Waals surface area contributed by atoms with Crippen LogP contribution in [0, 0.1) is 6.92 Å². The van der Waals surface area contributed by atoms with E-state index in [1.807, 2.05) is 43.3 Å². The van der Waals surface area contributed by atoms with Gasteiger partial charge in [0.1, 0.15) is 0 Å². The smallest absolute Gasteiger partial charge is 0.227 e. The van der Waals surface area contributed by atoms with Gasteiger partial charge >= 0.3 is 0 Å². The maximum absolute atomic E-state index is 12.2. The molecule has 5 heteroatoms. The van der Waals surface area contributed by atoms with E-state index in [4.69, 9.17) is 4.52 Å². The molecule has 5 nitrogen and oxygen atoms in total. The van der Waals surface area contributed by atoms with Gasteiger partial charge in [-0.3, -0.25) is 4.79 Å². The zero-order valence-electron chi connectivity index (χ0n) is 15.9. The predicted molar refractivity (Wildman–Crippen MR) is 106 cm³/mol. The summed E-state index contributed by atoms with van der Waals surface area (Å²) in [6, 6.07) is 15.9. The topological polar surface area (TPSA) is 68.0 Å². The van der Waals surface area contributed by atoms with Gasteiger partial charge < -0.3 is 9.84 Å². The Morgan fingerprint density at radius 1 is 1.07 bits per heavy atom. The van der Waals surface area contributed by atoms with Crippen LogP contribution < -0.4 is 5.32 Å². The van der Waals surface area contributed by atoms with Gasteiger partial charge in [-0.2, -0.15) is 4.98 Å². The number of aromatic nitrogens is 2. The van der Waals surface area contributed by atoms with Crippen molar-refractivity contribution in [2.75, 3.05) is 5.32 Å². The van der Waals surface area contributed by atoms with Crippen molar-refractivity contribution in [3.05, 3.63) is 65.5 Å². The van der Waals surface area contributed by atoms with Crippen LogP contribution in [0.1, 0.15) is 43.2 Å². The number of nitrogens with one attached hydrogen (secondary N) is 1. The predicted octanol–water partition coefficient (Wildman–Crippen LogP) is 4.96. The van der Waals surface area contributed by atoms with Crippen LogP contribution in [-0.2, 0) is 17.6 Å². The van der Waals surface area contributed by atoms with Crippen molar-refractivity contribution in [2.24, 2.45) is 0 Å². The SMILES string of the molecule is CCCCc1ccc(NC(=O)CCc2nc(-c3ccccc3C)no2)cc1. The minimum atomic E-state index is -0.0630. The summed E-state index contributed by atoms with van der Waals surface area (Å²) < 4.78 is 5.29. The lowest BCUT2D eigenvalue weighted by molar-refractivity contribution is -0.116. The largest absolute Gasteiger partial charge is 0.339 e. The molecule has 140 valence electrons. The highest BCUT2D eigenvalue weighted by molar-refractivity contribution is 5.90. The Bertz CT molecular complexity index is 885. The molecule has 0 radical (unpaired) electrons. The third kappa shape index (κ3) is 5.26. The van der Waals surface area contributed by atoms with Crippen LogP contribution in [0.15, 0.2) is 53.1 Å². The number of rotatable bonds is 8. The third-order valence-electron chi connectivity index (χ3n) is 4.48. The molecule has 0 aliphatic heterocycles. The van der Waals surface area contributed by atoms with Crippen molar-refractivity contribution in [3.8, 4) is 11.4 Å². The van der Waals surface area contributed by atoms with E-state index < -0.39 is 0 Å². The lowest BCUT2D eigenvalue weighted by Crippen LogP contribution is -2.12. The molecular formula is C22H25N3O2. The Morgan fingerprint density at radius 2 is 1.85 bits per heavy atom. The van der Waals surface area contributed by atoms with Crippen LogP contribution in [0.2, 0.25) is 0 Å². The van der Waals surface area contributed by atoms with E-state index in [2.05, 4.69) is 34.5 Å². The van der Waals surface area contributed by atoms with Gasteiger partial charge in [-0.25, -0.2) is 0 Å². The number of aryl methyl sites for hydroxylation is 3. The summed E-state index contributed by atoms with van der Waals surface area (Å²) >= 11 is 0. The Hall–Kier alpha value is -2.95. The molecule has 0 fully saturated rings. The van der Waals surface area contributed by atoms with Gasteiger partial charge in [0.2, 0.25) is 17.6 Å². The molecule has 0 aliphatic carbocycles. The number of anilines is 1. The van der Waals surface area contributed by atoms with Crippen molar-refractivity contribution in [2.45, 2.75) is 46.0 Å². The highest BCUT2D eigenvalue weighted by atomic mass is 16.5. The summed E-state index contributed by atoms with van der Waals surface area (Å²) in [7, 11) is 0. The second kappa shape index (κ2) is 9.12. The van der Waals surface area contributed by atoms with Gasteiger partial charge in [0.05, 0.1) is 0 Å².